The van der Waals surface area contributed by atoms with E-state index in [2.05, 4.69) is 35.8 Å². The van der Waals surface area contributed by atoms with Gasteiger partial charge < -0.3 is 24.4 Å². The molecule has 1 atom stereocenters. The Bertz CT molecular complexity index is 1240. The van der Waals surface area contributed by atoms with E-state index in [1.54, 1.807) is 18.2 Å². The van der Waals surface area contributed by atoms with E-state index in [0.29, 0.717) is 49.8 Å². The summed E-state index contributed by atoms with van der Waals surface area (Å²) in [6, 6.07) is 21.7. The molecule has 3 aromatic carbocycles. The van der Waals surface area contributed by atoms with Gasteiger partial charge in [-0.25, -0.2) is 9.63 Å². The average Bonchev–Trinajstić information content (AvgIpc) is 3.02. The van der Waals surface area contributed by atoms with E-state index in [9.17, 15) is 9.59 Å². The molecule has 42 heavy (non-hydrogen) atoms. The Morgan fingerprint density at radius 1 is 0.881 bits per heavy atom. The summed E-state index contributed by atoms with van der Waals surface area (Å²) >= 11 is 6.00. The van der Waals surface area contributed by atoms with Crippen LogP contribution in [0.5, 0.6) is 11.5 Å². The summed E-state index contributed by atoms with van der Waals surface area (Å²) in [6.07, 6.45) is 2.14. The number of esters is 1. The highest BCUT2D eigenvalue weighted by Crippen LogP contribution is 2.27. The van der Waals surface area contributed by atoms with Crippen LogP contribution in [0.25, 0.3) is 0 Å². The van der Waals surface area contributed by atoms with Crippen LogP contribution in [-0.2, 0) is 22.6 Å². The van der Waals surface area contributed by atoms with E-state index in [4.69, 9.17) is 26.0 Å². The third-order valence-electron chi connectivity index (χ3n) is 6.83. The van der Waals surface area contributed by atoms with Gasteiger partial charge in [0.2, 0.25) is 5.91 Å². The highest BCUT2D eigenvalue weighted by molar-refractivity contribution is 6.15. The molecule has 226 valence electrons. The Hall–Kier alpha value is -3.59. The predicted molar refractivity (Wildman–Crippen MR) is 167 cm³/mol. The number of nitrogens with zero attached hydrogens (tertiary/aromatic N) is 1. The number of hydrogen-bond acceptors (Lipinski definition) is 7. The molecule has 0 aliphatic rings. The zero-order valence-electron chi connectivity index (χ0n) is 24.7. The largest absolute Gasteiger partial charge is 0.491 e. The predicted octanol–water partition coefficient (Wildman–Crippen LogP) is 6.24. The lowest BCUT2D eigenvalue weighted by molar-refractivity contribution is -0.117. The summed E-state index contributed by atoms with van der Waals surface area (Å²) in [6.45, 7) is 9.89. The molecule has 0 radical (unpaired) electrons. The zero-order chi connectivity index (χ0) is 30.2. The van der Waals surface area contributed by atoms with Crippen molar-refractivity contribution in [1.29, 1.82) is 0 Å². The van der Waals surface area contributed by atoms with Crippen molar-refractivity contribution in [1.82, 2.24) is 9.74 Å². The van der Waals surface area contributed by atoms with Gasteiger partial charge >= 0.3 is 5.97 Å². The minimum Gasteiger partial charge on any atom is -0.491 e. The summed E-state index contributed by atoms with van der Waals surface area (Å²) in [7, 11) is 0. The number of unbranched alkanes of at least 4 members (excludes halogenated alkanes) is 1. The highest BCUT2D eigenvalue weighted by Gasteiger charge is 2.21. The highest BCUT2D eigenvalue weighted by atomic mass is 35.5. The van der Waals surface area contributed by atoms with Gasteiger partial charge in [-0.2, -0.15) is 0 Å². The lowest BCUT2D eigenvalue weighted by Gasteiger charge is -2.19. The molecule has 0 saturated heterocycles. The molecule has 2 N–H and O–H groups in total. The minimum absolute atomic E-state index is 0.300. The van der Waals surface area contributed by atoms with Gasteiger partial charge in [0.05, 0.1) is 17.9 Å². The van der Waals surface area contributed by atoms with E-state index in [1.807, 2.05) is 54.6 Å². The Labute approximate surface area is 254 Å². The summed E-state index contributed by atoms with van der Waals surface area (Å²) in [5, 5.41) is 2.90. The van der Waals surface area contributed by atoms with Crippen molar-refractivity contribution in [2.24, 2.45) is 0 Å². The maximum absolute atomic E-state index is 13.2. The van der Waals surface area contributed by atoms with Gasteiger partial charge in [0.1, 0.15) is 30.8 Å². The maximum Gasteiger partial charge on any atom is 0.338 e. The molecule has 0 saturated carbocycles. The fourth-order valence-electron chi connectivity index (χ4n) is 4.19. The summed E-state index contributed by atoms with van der Waals surface area (Å²) in [5.41, 5.74) is 2.82. The Morgan fingerprint density at radius 2 is 1.62 bits per heavy atom. The quantitative estimate of drug-likeness (QED) is 0.102. The molecule has 0 fully saturated rings. The van der Waals surface area contributed by atoms with E-state index >= 15 is 0 Å². The standard InChI is InChI=1S/C33H42ClN3O5/c1-4-7-20-40-31-23-27(33(39)41-21-19-37(5-2)6-3)15-18-29(31)35-32(38)30(36-34)22-25-13-16-28(17-14-25)42-24-26-11-9-8-10-12-26/h8-18,23,30,36H,4-7,19-22,24H2,1-3H3,(H,35,38)/t30-/m1/s1. The van der Waals surface area contributed by atoms with Crippen molar-refractivity contribution in [2.75, 3.05) is 38.2 Å². The van der Waals surface area contributed by atoms with Crippen LogP contribution < -0.4 is 19.6 Å². The Kier molecular flexibility index (Phi) is 14.2. The van der Waals surface area contributed by atoms with Gasteiger partial charge in [-0.3, -0.25) is 4.79 Å². The fourth-order valence-corrected chi connectivity index (χ4v) is 4.36. The van der Waals surface area contributed by atoms with Gasteiger partial charge in [0.15, 0.2) is 0 Å². The minimum atomic E-state index is -0.712. The van der Waals surface area contributed by atoms with Crippen molar-refractivity contribution in [3.63, 3.8) is 0 Å². The number of nitrogens with one attached hydrogen (secondary N) is 2. The maximum atomic E-state index is 13.2. The molecule has 0 aliphatic heterocycles. The molecule has 0 aromatic heterocycles. The zero-order valence-corrected chi connectivity index (χ0v) is 25.5. The Balaban J connectivity index is 1.62. The SMILES string of the molecule is CCCCOc1cc(C(=O)OCCN(CC)CC)ccc1NC(=O)[C@@H](Cc1ccc(OCc2ccccc2)cc1)NCl. The first-order valence-corrected chi connectivity index (χ1v) is 14.9. The van der Waals surface area contributed by atoms with Gasteiger partial charge in [-0.1, -0.05) is 69.7 Å². The number of hydrogen-bond donors (Lipinski definition) is 2. The van der Waals surface area contributed by atoms with E-state index < -0.39 is 12.0 Å². The van der Waals surface area contributed by atoms with Gasteiger partial charge in [0, 0.05) is 6.54 Å². The number of carbonyl (C=O) groups is 2. The molecule has 9 heteroatoms. The van der Waals surface area contributed by atoms with Crippen molar-refractivity contribution in [3.05, 3.63) is 89.5 Å². The number of likely N-dealkylation sites (N-methyl/N-ethyl adjacent to an activating group) is 1. The second-order valence-electron chi connectivity index (χ2n) is 9.85. The van der Waals surface area contributed by atoms with E-state index in [0.717, 1.165) is 42.8 Å². The van der Waals surface area contributed by atoms with Crippen molar-refractivity contribution in [2.45, 2.75) is 52.7 Å². The number of anilines is 1. The van der Waals surface area contributed by atoms with Gasteiger partial charge in [-0.15, -0.1) is 0 Å². The van der Waals surface area contributed by atoms with Crippen molar-refractivity contribution >= 4 is 29.3 Å². The molecule has 0 bridgehead atoms. The molecule has 0 heterocycles. The Morgan fingerprint density at radius 3 is 2.29 bits per heavy atom. The fraction of sp³-hybridized carbons (Fsp3) is 0.394. The first kappa shape index (κ1) is 32.9. The molecule has 0 unspecified atom stereocenters. The molecule has 3 rings (SSSR count). The van der Waals surface area contributed by atoms with Crippen LogP contribution in [0.15, 0.2) is 72.8 Å². The van der Waals surface area contributed by atoms with Crippen LogP contribution in [0.1, 0.15) is 55.1 Å². The van der Waals surface area contributed by atoms with E-state index in [1.165, 1.54) is 0 Å². The number of halogens is 1. The van der Waals surface area contributed by atoms with Crippen LogP contribution in [-0.4, -0.2) is 55.7 Å². The normalized spacial score (nSPS) is 11.6. The monoisotopic (exact) mass is 595 g/mol. The van der Waals surface area contributed by atoms with Crippen LogP contribution in [0.3, 0.4) is 0 Å². The van der Waals surface area contributed by atoms with E-state index in [-0.39, 0.29) is 5.91 Å². The van der Waals surface area contributed by atoms with Crippen LogP contribution in [0.2, 0.25) is 0 Å². The molecule has 1 amide bonds. The molecule has 3 aromatic rings. The average molecular weight is 596 g/mol. The lowest BCUT2D eigenvalue weighted by atomic mass is 10.1. The number of amides is 1. The number of benzene rings is 3. The van der Waals surface area contributed by atoms with Crippen LogP contribution >= 0.6 is 11.8 Å². The van der Waals surface area contributed by atoms with Gasteiger partial charge in [-0.05, 0) is 79.2 Å². The van der Waals surface area contributed by atoms with Crippen molar-refractivity contribution < 1.29 is 23.8 Å². The van der Waals surface area contributed by atoms with Gasteiger partial charge in [0.25, 0.3) is 0 Å². The first-order valence-electron chi connectivity index (χ1n) is 14.6. The second-order valence-corrected chi connectivity index (χ2v) is 10.1. The topological polar surface area (TPSA) is 89.1 Å². The smallest absolute Gasteiger partial charge is 0.338 e. The lowest BCUT2D eigenvalue weighted by Crippen LogP contribution is -2.37. The molecular formula is C33H42ClN3O5. The van der Waals surface area contributed by atoms with Crippen LogP contribution in [0, 0.1) is 0 Å². The van der Waals surface area contributed by atoms with Crippen LogP contribution in [0.4, 0.5) is 5.69 Å². The molecule has 0 aliphatic carbocycles. The first-order chi connectivity index (χ1) is 20.5. The third-order valence-corrected chi connectivity index (χ3v) is 7.09. The summed E-state index contributed by atoms with van der Waals surface area (Å²) in [4.78, 5) is 30.7. The molecule has 8 nitrogen and oxygen atoms in total. The second kappa shape index (κ2) is 18.1. The molecule has 0 spiro atoms. The summed E-state index contributed by atoms with van der Waals surface area (Å²) < 4.78 is 17.3. The number of rotatable bonds is 18. The molecular weight excluding hydrogens is 554 g/mol. The third kappa shape index (κ3) is 10.7. The number of carbonyl (C=O) groups excluding carboxylic acids is 2. The number of ether oxygens (including phenoxy) is 3. The van der Waals surface area contributed by atoms with Crippen molar-refractivity contribution in [3.8, 4) is 11.5 Å². The summed E-state index contributed by atoms with van der Waals surface area (Å²) in [5.74, 6) is 0.382.